The van der Waals surface area contributed by atoms with Gasteiger partial charge in [-0.25, -0.2) is 0 Å². The summed E-state index contributed by atoms with van der Waals surface area (Å²) in [6.45, 7) is 4.51. The molecular weight excluding hydrogens is 200 g/mol. The number of unbranched alkanes of at least 4 members (excludes halogenated alkanes) is 3. The van der Waals surface area contributed by atoms with Gasteiger partial charge in [-0.3, -0.25) is 0 Å². The first-order valence-electron chi connectivity index (χ1n) is 5.92. The van der Waals surface area contributed by atoms with Gasteiger partial charge < -0.3 is 0 Å². The minimum absolute atomic E-state index is 1.25. The van der Waals surface area contributed by atoms with Crippen LogP contribution in [0.2, 0.25) is 0 Å². The normalized spacial score (nSPS) is 10.6. The third-order valence-electron chi connectivity index (χ3n) is 2.92. The number of rotatable bonds is 6. The monoisotopic (exact) mass is 222 g/mol. The average Bonchev–Trinajstić information content (AvgIpc) is 2.26. The zero-order chi connectivity index (χ0) is 11.1. The largest absolute Gasteiger partial charge is 0.129 e. The highest BCUT2D eigenvalue weighted by Gasteiger charge is 2.02. The summed E-state index contributed by atoms with van der Waals surface area (Å²) in [4.78, 5) is 1.43. The molecule has 0 amide bonds. The summed E-state index contributed by atoms with van der Waals surface area (Å²) in [7, 11) is 0. The van der Waals surface area contributed by atoms with E-state index in [1.165, 1.54) is 48.1 Å². The smallest absolute Gasteiger partial charge is 0.0101 e. The average molecular weight is 222 g/mol. The van der Waals surface area contributed by atoms with Crippen LogP contribution >= 0.6 is 11.8 Å². The number of thioether (sulfide) groups is 1. The maximum atomic E-state index is 2.28. The molecule has 1 aromatic carbocycles. The van der Waals surface area contributed by atoms with Crippen molar-refractivity contribution >= 4 is 11.8 Å². The molecule has 84 valence electrons. The molecule has 0 heterocycles. The molecule has 0 saturated heterocycles. The molecule has 1 heteroatoms. The lowest BCUT2D eigenvalue weighted by atomic mass is 10.0. The van der Waals surface area contributed by atoms with Crippen LogP contribution in [0.5, 0.6) is 0 Å². The van der Waals surface area contributed by atoms with Crippen molar-refractivity contribution in [3.8, 4) is 0 Å². The van der Waals surface area contributed by atoms with Crippen molar-refractivity contribution < 1.29 is 0 Å². The lowest BCUT2D eigenvalue weighted by Crippen LogP contribution is -1.91. The van der Waals surface area contributed by atoms with Crippen LogP contribution in [0.25, 0.3) is 0 Å². The quantitative estimate of drug-likeness (QED) is 0.490. The van der Waals surface area contributed by atoms with Crippen LogP contribution in [-0.2, 0) is 6.42 Å². The Morgan fingerprint density at radius 1 is 1.13 bits per heavy atom. The maximum Gasteiger partial charge on any atom is 0.0101 e. The number of aryl methyl sites for hydroxylation is 1. The fourth-order valence-electron chi connectivity index (χ4n) is 1.89. The Hall–Kier alpha value is -0.430. The van der Waals surface area contributed by atoms with Crippen molar-refractivity contribution in [1.29, 1.82) is 0 Å². The van der Waals surface area contributed by atoms with E-state index < -0.39 is 0 Å². The first-order chi connectivity index (χ1) is 7.29. The summed E-state index contributed by atoms with van der Waals surface area (Å²) < 4.78 is 0. The van der Waals surface area contributed by atoms with Gasteiger partial charge in [-0.05, 0) is 43.2 Å². The van der Waals surface area contributed by atoms with E-state index in [1.807, 2.05) is 11.8 Å². The van der Waals surface area contributed by atoms with E-state index in [2.05, 4.69) is 38.3 Å². The van der Waals surface area contributed by atoms with Crippen LogP contribution in [0, 0.1) is 6.92 Å². The molecule has 1 aromatic rings. The maximum absolute atomic E-state index is 2.28. The fourth-order valence-corrected chi connectivity index (χ4v) is 2.55. The first kappa shape index (κ1) is 12.6. The molecular formula is C14H22S. The zero-order valence-corrected chi connectivity index (χ0v) is 11.0. The van der Waals surface area contributed by atoms with E-state index in [0.717, 1.165) is 0 Å². The molecule has 0 radical (unpaired) electrons. The Kier molecular flexibility index (Phi) is 5.85. The van der Waals surface area contributed by atoms with Crippen molar-refractivity contribution in [2.24, 2.45) is 0 Å². The molecule has 0 N–H and O–H groups in total. The van der Waals surface area contributed by atoms with E-state index in [0.29, 0.717) is 0 Å². The summed E-state index contributed by atoms with van der Waals surface area (Å²) in [5, 5.41) is 0. The van der Waals surface area contributed by atoms with Crippen LogP contribution < -0.4 is 0 Å². The van der Waals surface area contributed by atoms with Crippen LogP contribution in [-0.4, -0.2) is 6.26 Å². The van der Waals surface area contributed by atoms with E-state index in [-0.39, 0.29) is 0 Å². The molecule has 0 nitrogen and oxygen atoms in total. The molecule has 1 rings (SSSR count). The summed E-state index contributed by atoms with van der Waals surface area (Å²) >= 11 is 1.85. The van der Waals surface area contributed by atoms with Crippen molar-refractivity contribution in [2.75, 3.05) is 6.26 Å². The zero-order valence-electron chi connectivity index (χ0n) is 10.2. The third-order valence-corrected chi connectivity index (χ3v) is 3.80. The highest BCUT2D eigenvalue weighted by molar-refractivity contribution is 7.98. The Morgan fingerprint density at radius 2 is 1.93 bits per heavy atom. The third kappa shape index (κ3) is 3.90. The number of benzene rings is 1. The second-order valence-corrected chi connectivity index (χ2v) is 4.90. The Morgan fingerprint density at radius 3 is 2.60 bits per heavy atom. The lowest BCUT2D eigenvalue weighted by molar-refractivity contribution is 0.665. The van der Waals surface area contributed by atoms with Gasteiger partial charge in [0, 0.05) is 4.90 Å². The van der Waals surface area contributed by atoms with Gasteiger partial charge in [-0.15, -0.1) is 11.8 Å². The van der Waals surface area contributed by atoms with E-state index in [4.69, 9.17) is 0 Å². The van der Waals surface area contributed by atoms with Crippen molar-refractivity contribution in [1.82, 2.24) is 0 Å². The minimum atomic E-state index is 1.25. The van der Waals surface area contributed by atoms with Crippen LogP contribution in [0.4, 0.5) is 0 Å². The molecule has 0 atom stereocenters. The topological polar surface area (TPSA) is 0 Å². The van der Waals surface area contributed by atoms with Crippen LogP contribution in [0.3, 0.4) is 0 Å². The van der Waals surface area contributed by atoms with Crippen LogP contribution in [0.1, 0.15) is 43.7 Å². The van der Waals surface area contributed by atoms with Crippen molar-refractivity contribution in [3.63, 3.8) is 0 Å². The molecule has 0 bridgehead atoms. The molecule has 0 fully saturated rings. The van der Waals surface area contributed by atoms with Gasteiger partial charge in [-0.2, -0.15) is 0 Å². The summed E-state index contributed by atoms with van der Waals surface area (Å²) in [6, 6.07) is 6.69. The molecule has 0 aliphatic rings. The van der Waals surface area contributed by atoms with Gasteiger partial charge in [0.1, 0.15) is 0 Å². The van der Waals surface area contributed by atoms with Gasteiger partial charge >= 0.3 is 0 Å². The number of hydrogen-bond donors (Lipinski definition) is 0. The Balaban J connectivity index is 2.53. The highest BCUT2D eigenvalue weighted by Crippen LogP contribution is 2.23. The standard InChI is InChI=1S/C14H22S/c1-4-5-6-7-9-13-10-8-11-14(15-3)12(13)2/h8,10-11H,4-7,9H2,1-3H3. The van der Waals surface area contributed by atoms with Crippen LogP contribution in [0.15, 0.2) is 23.1 Å². The summed E-state index contributed by atoms with van der Waals surface area (Å²) in [5.74, 6) is 0. The van der Waals surface area contributed by atoms with E-state index in [9.17, 15) is 0 Å². The van der Waals surface area contributed by atoms with Crippen molar-refractivity contribution in [3.05, 3.63) is 29.3 Å². The molecule has 0 spiro atoms. The second-order valence-electron chi connectivity index (χ2n) is 4.06. The van der Waals surface area contributed by atoms with Crippen molar-refractivity contribution in [2.45, 2.75) is 50.8 Å². The van der Waals surface area contributed by atoms with E-state index >= 15 is 0 Å². The summed E-state index contributed by atoms with van der Waals surface area (Å²) in [6.07, 6.45) is 8.82. The van der Waals surface area contributed by atoms with Gasteiger partial charge in [0.2, 0.25) is 0 Å². The Labute approximate surface area is 98.5 Å². The predicted molar refractivity (Wildman–Crippen MR) is 70.8 cm³/mol. The molecule has 0 aromatic heterocycles. The fraction of sp³-hybridized carbons (Fsp3) is 0.571. The summed E-state index contributed by atoms with van der Waals surface area (Å²) in [5.41, 5.74) is 3.03. The highest BCUT2D eigenvalue weighted by atomic mass is 32.2. The van der Waals surface area contributed by atoms with Gasteiger partial charge in [0.25, 0.3) is 0 Å². The molecule has 0 aliphatic carbocycles. The van der Waals surface area contributed by atoms with Gasteiger partial charge in [0.05, 0.1) is 0 Å². The Bertz CT molecular complexity index is 291. The second kappa shape index (κ2) is 6.95. The molecule has 0 saturated carbocycles. The molecule has 0 unspecified atom stereocenters. The minimum Gasteiger partial charge on any atom is -0.129 e. The SMILES string of the molecule is CCCCCCc1cccc(SC)c1C. The molecule has 15 heavy (non-hydrogen) atoms. The van der Waals surface area contributed by atoms with Gasteiger partial charge in [0.15, 0.2) is 0 Å². The predicted octanol–water partition coefficient (Wildman–Crippen LogP) is 4.84. The lowest BCUT2D eigenvalue weighted by Gasteiger charge is -2.09. The first-order valence-corrected chi connectivity index (χ1v) is 7.14. The van der Waals surface area contributed by atoms with E-state index in [1.54, 1.807) is 0 Å². The van der Waals surface area contributed by atoms with Gasteiger partial charge in [-0.1, -0.05) is 38.3 Å². The molecule has 0 aliphatic heterocycles. The number of hydrogen-bond acceptors (Lipinski definition) is 1.